The number of benzene rings is 2. The van der Waals surface area contributed by atoms with Gasteiger partial charge < -0.3 is 25.3 Å². The summed E-state index contributed by atoms with van der Waals surface area (Å²) in [4.78, 5) is 4.14. The van der Waals surface area contributed by atoms with E-state index in [0.29, 0.717) is 34.1 Å². The number of ether oxygens (including phenoxy) is 3. The van der Waals surface area contributed by atoms with Gasteiger partial charge in [-0.25, -0.2) is 9.38 Å². The lowest BCUT2D eigenvalue weighted by molar-refractivity contribution is -0.138. The minimum absolute atomic E-state index is 0. The predicted octanol–water partition coefficient (Wildman–Crippen LogP) is 4.44. The summed E-state index contributed by atoms with van der Waals surface area (Å²) >= 11 is 0. The van der Waals surface area contributed by atoms with E-state index in [1.807, 2.05) is 0 Å². The third kappa shape index (κ3) is 4.02. The molecule has 2 aliphatic rings. The number of hydrogen-bond donors (Lipinski definition) is 2. The number of nitrogens with zero attached hydrogens (tertiary/aromatic N) is 1. The summed E-state index contributed by atoms with van der Waals surface area (Å²) in [5, 5.41) is 2.91. The average molecular weight is 474 g/mol. The van der Waals surface area contributed by atoms with Crippen molar-refractivity contribution >= 4 is 24.1 Å². The van der Waals surface area contributed by atoms with Gasteiger partial charge in [0.2, 0.25) is 0 Å². The van der Waals surface area contributed by atoms with E-state index in [2.05, 4.69) is 10.3 Å². The molecule has 3 N–H and O–H groups in total. The Bertz CT molecular complexity index is 1100. The van der Waals surface area contributed by atoms with Crippen LogP contribution in [-0.4, -0.2) is 26.8 Å². The Morgan fingerprint density at radius 3 is 2.59 bits per heavy atom. The van der Waals surface area contributed by atoms with E-state index < -0.39 is 29.2 Å². The van der Waals surface area contributed by atoms with Crippen LogP contribution in [0.3, 0.4) is 0 Å². The van der Waals surface area contributed by atoms with Gasteiger partial charge >= 0.3 is 6.18 Å². The highest BCUT2D eigenvalue weighted by atomic mass is 35.5. The highest BCUT2D eigenvalue weighted by Crippen LogP contribution is 2.47. The van der Waals surface area contributed by atoms with Crippen LogP contribution in [0.15, 0.2) is 40.9 Å². The summed E-state index contributed by atoms with van der Waals surface area (Å²) < 4.78 is 72.4. The van der Waals surface area contributed by atoms with Crippen LogP contribution in [0.2, 0.25) is 0 Å². The Balaban J connectivity index is 0.00000289. The summed E-state index contributed by atoms with van der Waals surface area (Å²) in [6.07, 6.45) is -4.58. The van der Waals surface area contributed by atoms with Gasteiger partial charge in [0.1, 0.15) is 29.1 Å². The van der Waals surface area contributed by atoms with Gasteiger partial charge in [-0.2, -0.15) is 13.2 Å². The first-order valence-electron chi connectivity index (χ1n) is 9.32. The van der Waals surface area contributed by atoms with Crippen molar-refractivity contribution in [2.75, 3.05) is 20.8 Å². The van der Waals surface area contributed by atoms with E-state index in [1.165, 1.54) is 14.2 Å². The molecule has 0 aromatic heterocycles. The van der Waals surface area contributed by atoms with Gasteiger partial charge in [0.05, 0.1) is 37.7 Å². The number of methoxy groups -OCH3 is 2. The number of halogens is 5. The molecule has 0 amide bonds. The van der Waals surface area contributed by atoms with E-state index in [4.69, 9.17) is 19.9 Å². The van der Waals surface area contributed by atoms with Crippen LogP contribution < -0.4 is 25.3 Å². The van der Waals surface area contributed by atoms with E-state index in [1.54, 1.807) is 12.1 Å². The van der Waals surface area contributed by atoms with Gasteiger partial charge in [0.25, 0.3) is 0 Å². The lowest BCUT2D eigenvalue weighted by Crippen LogP contribution is -2.36. The minimum atomic E-state index is -4.77. The van der Waals surface area contributed by atoms with E-state index in [0.717, 1.165) is 18.2 Å². The van der Waals surface area contributed by atoms with Crippen molar-refractivity contribution < 1.29 is 31.8 Å². The lowest BCUT2D eigenvalue weighted by Gasteiger charge is -2.28. The second kappa shape index (κ2) is 8.78. The summed E-state index contributed by atoms with van der Waals surface area (Å²) in [7, 11) is 2.93. The molecule has 32 heavy (non-hydrogen) atoms. The molecule has 0 radical (unpaired) electrons. The second-order valence-electron chi connectivity index (χ2n) is 6.94. The molecular formula is C21H20ClF4N3O3. The highest BCUT2D eigenvalue weighted by Gasteiger charge is 2.40. The van der Waals surface area contributed by atoms with Crippen molar-refractivity contribution in [3.05, 3.63) is 58.4 Å². The molecule has 1 unspecified atom stereocenters. The summed E-state index contributed by atoms with van der Waals surface area (Å²) in [6.45, 7) is 0.131. The van der Waals surface area contributed by atoms with Crippen LogP contribution in [0.25, 0.3) is 5.70 Å². The molecule has 4 rings (SSSR count). The number of nitrogens with two attached hydrogens (primary N) is 1. The maximum Gasteiger partial charge on any atom is 0.416 e. The fourth-order valence-corrected chi connectivity index (χ4v) is 3.86. The van der Waals surface area contributed by atoms with Crippen LogP contribution in [0.5, 0.6) is 17.2 Å². The first-order valence-corrected chi connectivity index (χ1v) is 9.32. The predicted molar refractivity (Wildman–Crippen MR) is 113 cm³/mol. The van der Waals surface area contributed by atoms with Crippen LogP contribution >= 0.6 is 12.4 Å². The quantitative estimate of drug-likeness (QED) is 0.645. The molecular weight excluding hydrogens is 454 g/mol. The topological polar surface area (TPSA) is 78.1 Å². The first kappa shape index (κ1) is 23.5. The van der Waals surface area contributed by atoms with Gasteiger partial charge in [0, 0.05) is 24.1 Å². The van der Waals surface area contributed by atoms with Gasteiger partial charge in [-0.15, -0.1) is 12.4 Å². The third-order valence-corrected chi connectivity index (χ3v) is 5.18. The summed E-state index contributed by atoms with van der Waals surface area (Å²) in [5.41, 5.74) is 5.48. The normalized spacial score (nSPS) is 17.6. The molecule has 2 aromatic rings. The number of rotatable bonds is 3. The van der Waals surface area contributed by atoms with Gasteiger partial charge in [-0.1, -0.05) is 6.07 Å². The molecule has 0 saturated carbocycles. The molecule has 6 nitrogen and oxygen atoms in total. The Labute approximate surface area is 187 Å². The highest BCUT2D eigenvalue weighted by molar-refractivity contribution is 5.94. The zero-order valence-electron chi connectivity index (χ0n) is 17.0. The fraction of sp³-hybridized carbons (Fsp3) is 0.286. The molecule has 0 saturated heterocycles. The fourth-order valence-electron chi connectivity index (χ4n) is 3.86. The van der Waals surface area contributed by atoms with Gasteiger partial charge in [0.15, 0.2) is 5.96 Å². The zero-order chi connectivity index (χ0) is 22.3. The Kier molecular flexibility index (Phi) is 6.45. The second-order valence-corrected chi connectivity index (χ2v) is 6.94. The minimum Gasteiger partial charge on any atom is -0.496 e. The van der Waals surface area contributed by atoms with E-state index in [9.17, 15) is 17.6 Å². The summed E-state index contributed by atoms with van der Waals surface area (Å²) in [6, 6.07) is 4.80. The molecule has 0 aliphatic carbocycles. The number of aliphatic imine (C=N–C) groups is 1. The standard InChI is InChI=1S/C21H19F4N3O3.ClH/c1-29-10-8-14(30-2)17-15(9-10)31-7-6-11-18(27-20(26)28-19(11)17)16-12(21(23,24)25)4-3-5-13(16)22;/h3-5,8-9,18H,6-7H2,1-2H3,(H3,26,27,28);1H. The molecule has 0 spiro atoms. The molecule has 0 fully saturated rings. The number of fused-ring (bicyclic) bond motifs is 2. The Hall–Kier alpha value is -3.14. The van der Waals surface area contributed by atoms with Crippen LogP contribution in [0, 0.1) is 5.82 Å². The largest absolute Gasteiger partial charge is 0.496 e. The van der Waals surface area contributed by atoms with Crippen molar-refractivity contribution in [2.24, 2.45) is 10.7 Å². The van der Waals surface area contributed by atoms with Crippen LogP contribution in [0.1, 0.15) is 29.2 Å². The van der Waals surface area contributed by atoms with Gasteiger partial charge in [-0.3, -0.25) is 0 Å². The molecule has 2 aromatic carbocycles. The zero-order valence-corrected chi connectivity index (χ0v) is 17.9. The number of hydrogen-bond acceptors (Lipinski definition) is 6. The average Bonchev–Trinajstić information content (AvgIpc) is 2.91. The lowest BCUT2D eigenvalue weighted by atomic mass is 9.88. The van der Waals surface area contributed by atoms with Crippen molar-refractivity contribution in [3.63, 3.8) is 0 Å². The molecule has 0 bridgehead atoms. The monoisotopic (exact) mass is 473 g/mol. The van der Waals surface area contributed by atoms with Crippen molar-refractivity contribution in [2.45, 2.75) is 18.6 Å². The number of alkyl halides is 3. The molecule has 1 atom stereocenters. The Morgan fingerprint density at radius 2 is 1.94 bits per heavy atom. The SMILES string of the molecule is COc1cc(OC)c2c(c1)OCCC1=C2NC(N)=NC1c1c(F)cccc1C(F)(F)F.Cl. The smallest absolute Gasteiger partial charge is 0.416 e. The van der Waals surface area contributed by atoms with E-state index >= 15 is 0 Å². The molecule has 172 valence electrons. The molecule has 2 aliphatic heterocycles. The van der Waals surface area contributed by atoms with Crippen molar-refractivity contribution in [1.82, 2.24) is 5.32 Å². The number of nitrogens with one attached hydrogen (secondary N) is 1. The van der Waals surface area contributed by atoms with Crippen LogP contribution in [-0.2, 0) is 6.18 Å². The van der Waals surface area contributed by atoms with Gasteiger partial charge in [-0.05, 0) is 17.7 Å². The van der Waals surface area contributed by atoms with Crippen molar-refractivity contribution in [1.29, 1.82) is 0 Å². The maximum absolute atomic E-state index is 14.8. The summed E-state index contributed by atoms with van der Waals surface area (Å²) in [5.74, 6) is 0.0613. The number of guanidine groups is 1. The van der Waals surface area contributed by atoms with E-state index in [-0.39, 0.29) is 31.4 Å². The Morgan fingerprint density at radius 1 is 1.19 bits per heavy atom. The third-order valence-electron chi connectivity index (χ3n) is 5.18. The maximum atomic E-state index is 14.8. The molecule has 2 heterocycles. The van der Waals surface area contributed by atoms with Crippen molar-refractivity contribution in [3.8, 4) is 17.2 Å². The molecule has 11 heteroatoms. The first-order chi connectivity index (χ1) is 14.7. The van der Waals surface area contributed by atoms with Crippen LogP contribution in [0.4, 0.5) is 17.6 Å².